The van der Waals surface area contributed by atoms with Crippen LogP contribution in [0.25, 0.3) is 0 Å². The van der Waals surface area contributed by atoms with Crippen molar-refractivity contribution in [2.24, 2.45) is 16.5 Å². The first-order valence-electron chi connectivity index (χ1n) is 5.83. The van der Waals surface area contributed by atoms with Crippen LogP contribution in [0.4, 0.5) is 0 Å². The number of ether oxygens (including phenoxy) is 1. The van der Waals surface area contributed by atoms with Crippen molar-refractivity contribution < 1.29 is 9.66 Å². The summed E-state index contributed by atoms with van der Waals surface area (Å²) < 4.78 is 5.12. The molecule has 2 rings (SSSR count). The maximum atomic E-state index is 10.7. The van der Waals surface area contributed by atoms with Gasteiger partial charge in [-0.25, -0.2) is 4.99 Å². The first-order chi connectivity index (χ1) is 9.43. The summed E-state index contributed by atoms with van der Waals surface area (Å²) >= 11 is 0. The van der Waals surface area contributed by atoms with Crippen LogP contribution in [0.1, 0.15) is 5.56 Å². The molecule has 20 heavy (non-hydrogen) atoms. The number of hydrogen-bond acceptors (Lipinski definition) is 7. The lowest BCUT2D eigenvalue weighted by molar-refractivity contribution is -0.416. The molecule has 0 spiro atoms. The molecule has 0 fully saturated rings. The smallest absolute Gasteiger partial charge is 0.326 e. The monoisotopic (exact) mass is 277 g/mol. The lowest BCUT2D eigenvalue weighted by atomic mass is 10.1. The Labute approximate surface area is 115 Å². The molecule has 1 aromatic carbocycles. The second kappa shape index (κ2) is 5.17. The molecule has 0 radical (unpaired) electrons. The third-order valence-corrected chi connectivity index (χ3v) is 2.85. The molecule has 0 saturated carbocycles. The lowest BCUT2D eigenvalue weighted by Gasteiger charge is -2.28. The zero-order valence-electron chi connectivity index (χ0n) is 10.9. The number of amidine groups is 1. The highest BCUT2D eigenvalue weighted by molar-refractivity contribution is 5.95. The minimum atomic E-state index is -1.21. The maximum Gasteiger partial charge on any atom is 0.326 e. The minimum absolute atomic E-state index is 0.195. The summed E-state index contributed by atoms with van der Waals surface area (Å²) in [7, 11) is 1.57. The van der Waals surface area contributed by atoms with Crippen LogP contribution in [0.2, 0.25) is 0 Å². The van der Waals surface area contributed by atoms with Gasteiger partial charge in [0.15, 0.2) is 5.79 Å². The average Bonchev–Trinajstić information content (AvgIpc) is 2.37. The summed E-state index contributed by atoms with van der Waals surface area (Å²) in [4.78, 5) is 14.1. The number of hydrogen-bond donors (Lipinski definition) is 3. The van der Waals surface area contributed by atoms with Gasteiger partial charge in [0.2, 0.25) is 5.84 Å². The molecule has 0 aliphatic carbocycles. The van der Waals surface area contributed by atoms with Gasteiger partial charge in [-0.05, 0) is 17.7 Å². The Kier molecular flexibility index (Phi) is 3.57. The van der Waals surface area contributed by atoms with Crippen LogP contribution in [0, 0.1) is 10.1 Å². The quantitative estimate of drug-likeness (QED) is 0.522. The van der Waals surface area contributed by atoms with Crippen molar-refractivity contribution in [2.45, 2.75) is 12.2 Å². The van der Waals surface area contributed by atoms with Gasteiger partial charge in [-0.15, -0.1) is 0 Å². The fourth-order valence-corrected chi connectivity index (χ4v) is 1.90. The molecule has 0 aromatic heterocycles. The summed E-state index contributed by atoms with van der Waals surface area (Å²) in [5.41, 5.74) is 12.2. The van der Waals surface area contributed by atoms with E-state index in [-0.39, 0.29) is 11.5 Å². The van der Waals surface area contributed by atoms with E-state index in [2.05, 4.69) is 10.3 Å². The topological polar surface area (TPSA) is 129 Å². The number of nitrogens with one attached hydrogen (secondary N) is 1. The van der Waals surface area contributed by atoms with Gasteiger partial charge in [-0.3, -0.25) is 15.8 Å². The van der Waals surface area contributed by atoms with Crippen molar-refractivity contribution in [1.29, 1.82) is 0 Å². The van der Waals surface area contributed by atoms with Gasteiger partial charge in [-0.2, -0.15) is 0 Å². The van der Waals surface area contributed by atoms with Crippen LogP contribution in [-0.4, -0.2) is 23.7 Å². The number of nitrogens with two attached hydrogens (primary N) is 2. The molecule has 5 N–H and O–H groups in total. The van der Waals surface area contributed by atoms with E-state index in [9.17, 15) is 10.1 Å². The van der Waals surface area contributed by atoms with Crippen LogP contribution in [0.3, 0.4) is 0 Å². The van der Waals surface area contributed by atoms with Crippen molar-refractivity contribution in [1.82, 2.24) is 5.32 Å². The van der Waals surface area contributed by atoms with Gasteiger partial charge in [0.25, 0.3) is 0 Å². The highest BCUT2D eigenvalue weighted by Gasteiger charge is 2.32. The molecule has 0 saturated heterocycles. The zero-order chi connectivity index (χ0) is 14.8. The van der Waals surface area contributed by atoms with E-state index >= 15 is 0 Å². The summed E-state index contributed by atoms with van der Waals surface area (Å²) in [6, 6.07) is 7.31. The van der Waals surface area contributed by atoms with Crippen molar-refractivity contribution in [3.63, 3.8) is 0 Å². The normalized spacial score (nSPS) is 21.5. The highest BCUT2D eigenvalue weighted by Crippen LogP contribution is 2.19. The molecule has 0 bridgehead atoms. The Morgan fingerprint density at radius 3 is 2.90 bits per heavy atom. The molecular formula is C12H15N5O3. The van der Waals surface area contributed by atoms with Crippen molar-refractivity contribution in [3.8, 4) is 5.75 Å². The number of rotatable bonds is 4. The second-order valence-electron chi connectivity index (χ2n) is 4.38. The molecule has 8 heteroatoms. The summed E-state index contributed by atoms with van der Waals surface area (Å²) in [6.07, 6.45) is 1.48. The minimum Gasteiger partial charge on any atom is -0.497 e. The average molecular weight is 277 g/mol. The Balaban J connectivity index is 2.20. The van der Waals surface area contributed by atoms with Gasteiger partial charge in [0, 0.05) is 6.42 Å². The van der Waals surface area contributed by atoms with Gasteiger partial charge < -0.3 is 15.8 Å². The molecule has 1 heterocycles. The van der Waals surface area contributed by atoms with Crippen LogP contribution in [0.5, 0.6) is 5.75 Å². The van der Waals surface area contributed by atoms with Crippen LogP contribution in [0.15, 0.2) is 41.2 Å². The fourth-order valence-electron chi connectivity index (χ4n) is 1.90. The predicted molar refractivity (Wildman–Crippen MR) is 73.5 cm³/mol. The molecule has 1 aliphatic heterocycles. The Hall–Kier alpha value is -2.61. The molecular weight excluding hydrogens is 262 g/mol. The van der Waals surface area contributed by atoms with Crippen molar-refractivity contribution in [3.05, 3.63) is 51.8 Å². The zero-order valence-corrected chi connectivity index (χ0v) is 10.9. The predicted octanol–water partition coefficient (Wildman–Crippen LogP) is -0.0713. The maximum absolute atomic E-state index is 10.7. The first-order valence-corrected chi connectivity index (χ1v) is 5.83. The van der Waals surface area contributed by atoms with E-state index in [0.717, 1.165) is 5.56 Å². The molecule has 0 amide bonds. The van der Waals surface area contributed by atoms with E-state index in [0.29, 0.717) is 12.2 Å². The Bertz CT molecular complexity index is 599. The SMILES string of the molecule is COc1cccc(CC2(N)N=C(N)C([N+](=O)[O-])=CN2)c1. The Morgan fingerprint density at radius 1 is 1.55 bits per heavy atom. The summed E-state index contributed by atoms with van der Waals surface area (Å²) in [6.45, 7) is 0. The first kappa shape index (κ1) is 13.8. The molecule has 106 valence electrons. The standard InChI is InChI=1S/C12H15N5O3/c1-20-9-4-2-3-8(5-9)6-12(14)15-7-10(17(18)19)11(13)16-12/h2-5,7,15H,6,14H2,1H3,(H2,13,16). The lowest BCUT2D eigenvalue weighted by Crippen LogP contribution is -2.55. The van der Waals surface area contributed by atoms with Gasteiger partial charge in [0.05, 0.1) is 18.2 Å². The number of nitro groups is 1. The number of methoxy groups -OCH3 is 1. The van der Waals surface area contributed by atoms with Crippen LogP contribution in [-0.2, 0) is 6.42 Å². The summed E-state index contributed by atoms with van der Waals surface area (Å²) in [5.74, 6) is -0.713. The van der Waals surface area contributed by atoms with E-state index < -0.39 is 10.7 Å². The number of aliphatic imine (C=N–C) groups is 1. The largest absolute Gasteiger partial charge is 0.497 e. The van der Waals surface area contributed by atoms with E-state index in [1.807, 2.05) is 24.3 Å². The van der Waals surface area contributed by atoms with Gasteiger partial charge >= 0.3 is 5.70 Å². The number of benzene rings is 1. The molecule has 1 aliphatic rings. The second-order valence-corrected chi connectivity index (χ2v) is 4.38. The van der Waals surface area contributed by atoms with E-state index in [1.54, 1.807) is 7.11 Å². The molecule has 8 nitrogen and oxygen atoms in total. The summed E-state index contributed by atoms with van der Waals surface area (Å²) in [5, 5.41) is 13.4. The number of nitrogens with zero attached hydrogens (tertiary/aromatic N) is 2. The molecule has 1 unspecified atom stereocenters. The third-order valence-electron chi connectivity index (χ3n) is 2.85. The fraction of sp³-hybridized carbons (Fsp3) is 0.250. The van der Waals surface area contributed by atoms with E-state index in [1.165, 1.54) is 6.20 Å². The van der Waals surface area contributed by atoms with Crippen LogP contribution >= 0.6 is 0 Å². The molecule has 1 aromatic rings. The van der Waals surface area contributed by atoms with Crippen molar-refractivity contribution in [2.75, 3.05) is 7.11 Å². The Morgan fingerprint density at radius 2 is 2.30 bits per heavy atom. The third kappa shape index (κ3) is 2.86. The van der Waals surface area contributed by atoms with Crippen molar-refractivity contribution >= 4 is 5.84 Å². The molecule has 1 atom stereocenters. The van der Waals surface area contributed by atoms with Gasteiger partial charge in [0.1, 0.15) is 5.75 Å². The van der Waals surface area contributed by atoms with E-state index in [4.69, 9.17) is 16.2 Å². The van der Waals surface area contributed by atoms with Gasteiger partial charge in [-0.1, -0.05) is 12.1 Å². The van der Waals surface area contributed by atoms with Crippen LogP contribution < -0.4 is 21.5 Å². The highest BCUT2D eigenvalue weighted by atomic mass is 16.6.